The van der Waals surface area contributed by atoms with Crippen LogP contribution in [0.1, 0.15) is 10.4 Å². The highest BCUT2D eigenvalue weighted by Crippen LogP contribution is 2.25. The van der Waals surface area contributed by atoms with Crippen molar-refractivity contribution in [3.8, 4) is 17.2 Å². The lowest BCUT2D eigenvalue weighted by Gasteiger charge is -2.01. The Hall–Kier alpha value is -2.72. The van der Waals surface area contributed by atoms with Crippen molar-refractivity contribution in [3.05, 3.63) is 64.2 Å². The van der Waals surface area contributed by atoms with Crippen LogP contribution in [0.3, 0.4) is 0 Å². The third-order valence-corrected chi connectivity index (χ3v) is 4.29. The minimum absolute atomic E-state index is 0. The highest BCUT2D eigenvalue weighted by Gasteiger charge is 2.13. The zero-order valence-corrected chi connectivity index (χ0v) is 16.6. The Bertz CT molecular complexity index is 929. The van der Waals surface area contributed by atoms with Crippen LogP contribution in [-0.2, 0) is 0 Å². The second kappa shape index (κ2) is 9.28. The molecule has 0 spiro atoms. The van der Waals surface area contributed by atoms with Crippen LogP contribution in [0.25, 0.3) is 11.5 Å². The van der Waals surface area contributed by atoms with Gasteiger partial charge >= 0.3 is 0 Å². The highest BCUT2D eigenvalue weighted by molar-refractivity contribution is 8.93. The molecule has 1 aromatic heterocycles. The number of ketones is 1. The number of rotatable bonds is 7. The molecular weight excluding hydrogens is 438 g/mol. The van der Waals surface area contributed by atoms with Gasteiger partial charge in [-0.25, -0.2) is 0 Å². The molecule has 8 nitrogen and oxygen atoms in total. The maximum absolute atomic E-state index is 12.2. The number of nitro groups is 1. The van der Waals surface area contributed by atoms with Crippen molar-refractivity contribution in [3.63, 3.8) is 0 Å². The first-order valence-corrected chi connectivity index (χ1v) is 8.44. The van der Waals surface area contributed by atoms with Crippen LogP contribution in [0.5, 0.6) is 5.75 Å². The van der Waals surface area contributed by atoms with Gasteiger partial charge < -0.3 is 9.15 Å². The van der Waals surface area contributed by atoms with E-state index in [1.165, 1.54) is 24.3 Å². The molecule has 1 heterocycles. The largest absolute Gasteiger partial charge is 0.497 e. The van der Waals surface area contributed by atoms with Crippen LogP contribution in [0.4, 0.5) is 5.69 Å². The molecule has 140 valence electrons. The number of hydrogen-bond acceptors (Lipinski definition) is 8. The zero-order chi connectivity index (χ0) is 18.5. The standard InChI is InChI=1S/C17H13N3O5S.BrH/c1-24-14-8-4-11(5-9-14)15(21)10-26-17-19-18-16(25-17)12-2-6-13(7-3-12)20(22)23;/h2-9H,10H2,1H3;1H. The Morgan fingerprint density at radius 3 is 2.41 bits per heavy atom. The molecule has 3 aromatic rings. The van der Waals surface area contributed by atoms with Crippen LogP contribution in [-0.4, -0.2) is 33.8 Å². The third kappa shape index (κ3) is 5.14. The fourth-order valence-electron chi connectivity index (χ4n) is 2.10. The van der Waals surface area contributed by atoms with Crippen molar-refractivity contribution >= 4 is 40.2 Å². The molecule has 0 radical (unpaired) electrons. The van der Waals surface area contributed by atoms with Gasteiger partial charge in [-0.3, -0.25) is 14.9 Å². The number of non-ortho nitro benzene ring substituents is 1. The van der Waals surface area contributed by atoms with Gasteiger partial charge in [0.25, 0.3) is 10.9 Å². The van der Waals surface area contributed by atoms with Crippen LogP contribution >= 0.6 is 28.7 Å². The summed E-state index contributed by atoms with van der Waals surface area (Å²) < 4.78 is 10.5. The van der Waals surface area contributed by atoms with Gasteiger partial charge in [-0.15, -0.1) is 27.2 Å². The van der Waals surface area contributed by atoms with Gasteiger partial charge in [0.05, 0.1) is 17.8 Å². The Morgan fingerprint density at radius 2 is 1.81 bits per heavy atom. The summed E-state index contributed by atoms with van der Waals surface area (Å²) in [5, 5.41) is 18.7. The fraction of sp³-hybridized carbons (Fsp3) is 0.118. The van der Waals surface area contributed by atoms with Crippen LogP contribution in [0.2, 0.25) is 0 Å². The normalized spacial score (nSPS) is 10.1. The molecule has 0 aliphatic rings. The number of hydrogen-bond donors (Lipinski definition) is 0. The molecule has 0 fully saturated rings. The first kappa shape index (κ1) is 20.6. The zero-order valence-electron chi connectivity index (χ0n) is 14.0. The summed E-state index contributed by atoms with van der Waals surface area (Å²) in [6, 6.07) is 12.6. The number of nitrogens with zero attached hydrogens (tertiary/aromatic N) is 3. The molecule has 0 saturated heterocycles. The predicted octanol–water partition coefficient (Wildman–Crippen LogP) is 4.21. The van der Waals surface area contributed by atoms with Gasteiger partial charge in [-0.05, 0) is 36.4 Å². The number of carbonyl (C=O) groups is 1. The maximum Gasteiger partial charge on any atom is 0.277 e. The monoisotopic (exact) mass is 451 g/mol. The molecule has 0 saturated carbocycles. The number of thioether (sulfide) groups is 1. The van der Waals surface area contributed by atoms with E-state index < -0.39 is 4.92 Å². The van der Waals surface area contributed by atoms with Crippen molar-refractivity contribution in [2.75, 3.05) is 12.9 Å². The number of methoxy groups -OCH3 is 1. The van der Waals surface area contributed by atoms with E-state index in [1.807, 2.05) is 0 Å². The van der Waals surface area contributed by atoms with Crippen molar-refractivity contribution < 1.29 is 18.9 Å². The summed E-state index contributed by atoms with van der Waals surface area (Å²) in [4.78, 5) is 22.4. The SMILES string of the molecule is Br.COc1ccc(C(=O)CSc2nnc(-c3ccc([N+](=O)[O-])cc3)o2)cc1. The summed E-state index contributed by atoms with van der Waals surface area (Å²) in [6.07, 6.45) is 0. The van der Waals surface area contributed by atoms with Crippen LogP contribution < -0.4 is 4.74 Å². The lowest BCUT2D eigenvalue weighted by Crippen LogP contribution is -2.02. The Labute approximate surface area is 168 Å². The number of ether oxygens (including phenoxy) is 1. The van der Waals surface area contributed by atoms with E-state index in [0.717, 1.165) is 11.8 Å². The highest BCUT2D eigenvalue weighted by atomic mass is 79.9. The molecule has 0 aliphatic heterocycles. The molecule has 2 aromatic carbocycles. The predicted molar refractivity (Wildman–Crippen MR) is 105 cm³/mol. The summed E-state index contributed by atoms with van der Waals surface area (Å²) in [5.41, 5.74) is 1.11. The second-order valence-electron chi connectivity index (χ2n) is 5.12. The fourth-order valence-corrected chi connectivity index (χ4v) is 2.76. The third-order valence-electron chi connectivity index (χ3n) is 3.47. The van der Waals surface area contributed by atoms with E-state index >= 15 is 0 Å². The molecule has 27 heavy (non-hydrogen) atoms. The van der Waals surface area contributed by atoms with Crippen molar-refractivity contribution in [1.29, 1.82) is 0 Å². The molecule has 0 atom stereocenters. The van der Waals surface area contributed by atoms with Gasteiger partial charge in [0.1, 0.15) is 5.75 Å². The first-order valence-electron chi connectivity index (χ1n) is 7.45. The number of nitro benzene ring substituents is 1. The minimum atomic E-state index is -0.482. The molecule has 10 heteroatoms. The minimum Gasteiger partial charge on any atom is -0.497 e. The van der Waals surface area contributed by atoms with Crippen LogP contribution in [0, 0.1) is 10.1 Å². The number of carbonyl (C=O) groups excluding carboxylic acids is 1. The van der Waals surface area contributed by atoms with E-state index in [2.05, 4.69) is 10.2 Å². The van der Waals surface area contributed by atoms with E-state index in [4.69, 9.17) is 9.15 Å². The van der Waals surface area contributed by atoms with Gasteiger partial charge in [0.15, 0.2) is 5.78 Å². The quantitative estimate of drug-likeness (QED) is 0.227. The molecule has 0 aliphatic carbocycles. The number of benzene rings is 2. The number of Topliss-reactive ketones (excluding diaryl/α,β-unsaturated/α-hetero) is 1. The lowest BCUT2D eigenvalue weighted by molar-refractivity contribution is -0.384. The topological polar surface area (TPSA) is 108 Å². The van der Waals surface area contributed by atoms with Crippen molar-refractivity contribution in [2.24, 2.45) is 0 Å². The maximum atomic E-state index is 12.2. The molecule has 0 bridgehead atoms. The van der Waals surface area contributed by atoms with E-state index in [-0.39, 0.29) is 45.3 Å². The average Bonchev–Trinajstić information content (AvgIpc) is 3.15. The number of halogens is 1. The molecule has 0 unspecified atom stereocenters. The van der Waals surface area contributed by atoms with Crippen LogP contribution in [0.15, 0.2) is 58.2 Å². The summed E-state index contributed by atoms with van der Waals surface area (Å²) >= 11 is 1.13. The Morgan fingerprint density at radius 1 is 1.15 bits per heavy atom. The Kier molecular flexibility index (Phi) is 7.08. The molecular formula is C17H14BrN3O5S. The first-order chi connectivity index (χ1) is 12.6. The Balaban J connectivity index is 0.00000261. The molecule has 0 N–H and O–H groups in total. The summed E-state index contributed by atoms with van der Waals surface area (Å²) in [5.74, 6) is 0.986. The van der Waals surface area contributed by atoms with E-state index in [9.17, 15) is 14.9 Å². The van der Waals surface area contributed by atoms with E-state index in [1.54, 1.807) is 31.4 Å². The smallest absolute Gasteiger partial charge is 0.277 e. The average molecular weight is 452 g/mol. The van der Waals surface area contributed by atoms with Crippen molar-refractivity contribution in [2.45, 2.75) is 5.22 Å². The molecule has 3 rings (SSSR count). The lowest BCUT2D eigenvalue weighted by atomic mass is 10.1. The van der Waals surface area contributed by atoms with Gasteiger partial charge in [-0.2, -0.15) is 0 Å². The molecule has 0 amide bonds. The second-order valence-corrected chi connectivity index (χ2v) is 6.04. The van der Waals surface area contributed by atoms with Crippen molar-refractivity contribution in [1.82, 2.24) is 10.2 Å². The van der Waals surface area contributed by atoms with E-state index in [0.29, 0.717) is 16.9 Å². The summed E-state index contributed by atoms with van der Waals surface area (Å²) in [6.45, 7) is 0. The van der Waals surface area contributed by atoms with Gasteiger partial charge in [0.2, 0.25) is 5.89 Å². The van der Waals surface area contributed by atoms with Gasteiger partial charge in [-0.1, -0.05) is 11.8 Å². The van der Waals surface area contributed by atoms with Gasteiger partial charge in [0, 0.05) is 23.3 Å². The summed E-state index contributed by atoms with van der Waals surface area (Å²) in [7, 11) is 1.56. The number of aromatic nitrogens is 2.